The molecule has 3 aromatic rings. The average molecular weight is 494 g/mol. The van der Waals surface area contributed by atoms with E-state index < -0.39 is 11.9 Å². The van der Waals surface area contributed by atoms with Crippen LogP contribution in [0.5, 0.6) is 23.0 Å². The van der Waals surface area contributed by atoms with Crippen molar-refractivity contribution in [2.45, 2.75) is 12.8 Å². The number of aromatic nitrogens is 2. The number of amidine groups is 1. The molecule has 1 aliphatic rings. The zero-order chi connectivity index (χ0) is 26.0. The van der Waals surface area contributed by atoms with Crippen LogP contribution in [0.15, 0.2) is 41.4 Å². The number of carbonyl (C=O) groups excluding carboxylic acids is 2. The molecule has 0 atom stereocenters. The van der Waals surface area contributed by atoms with E-state index in [2.05, 4.69) is 15.3 Å². The lowest BCUT2D eigenvalue weighted by molar-refractivity contribution is -0.119. The molecule has 36 heavy (non-hydrogen) atoms. The molecule has 0 spiro atoms. The number of benzene rings is 2. The van der Waals surface area contributed by atoms with E-state index in [0.717, 1.165) is 21.9 Å². The van der Waals surface area contributed by atoms with Crippen LogP contribution in [0.25, 0.3) is 0 Å². The van der Waals surface area contributed by atoms with Crippen LogP contribution in [0.2, 0.25) is 0 Å². The van der Waals surface area contributed by atoms with Gasteiger partial charge >= 0.3 is 6.03 Å². The highest BCUT2D eigenvalue weighted by molar-refractivity contribution is 6.47. The van der Waals surface area contributed by atoms with Crippen LogP contribution in [0.4, 0.5) is 10.7 Å². The van der Waals surface area contributed by atoms with Gasteiger partial charge in [0.05, 0.1) is 27.0 Å². The van der Waals surface area contributed by atoms with Gasteiger partial charge in [0.15, 0.2) is 11.5 Å². The van der Waals surface area contributed by atoms with E-state index in [9.17, 15) is 14.7 Å². The molecule has 2 N–H and O–H groups in total. The molecule has 1 fully saturated rings. The number of nitrogens with zero attached hydrogens (tertiary/aromatic N) is 4. The molecule has 11 nitrogen and oxygen atoms in total. The number of rotatable bonds is 8. The number of likely N-dealkylation sites (N-methyl/N-ethyl adjacent to an activating group) is 1. The maximum atomic E-state index is 12.3. The minimum atomic E-state index is -0.554. The first-order chi connectivity index (χ1) is 17.3. The van der Waals surface area contributed by atoms with Gasteiger partial charge in [-0.1, -0.05) is 18.2 Å². The number of aromatic hydroxyl groups is 1. The quantitative estimate of drug-likeness (QED) is 0.462. The molecule has 4 rings (SSSR count). The number of hydrogen-bond acceptors (Lipinski definition) is 8. The molecule has 2 heterocycles. The van der Waals surface area contributed by atoms with Crippen molar-refractivity contribution in [1.82, 2.24) is 19.8 Å². The van der Waals surface area contributed by atoms with Crippen LogP contribution in [0.3, 0.4) is 0 Å². The second kappa shape index (κ2) is 9.98. The Kier molecular flexibility index (Phi) is 6.82. The number of phenols is 1. The second-order valence-corrected chi connectivity index (χ2v) is 8.13. The van der Waals surface area contributed by atoms with Crippen LogP contribution in [0.1, 0.15) is 22.5 Å². The monoisotopic (exact) mass is 493 g/mol. The first-order valence-corrected chi connectivity index (χ1v) is 11.0. The van der Waals surface area contributed by atoms with Gasteiger partial charge in [0.2, 0.25) is 17.5 Å². The van der Waals surface area contributed by atoms with Crippen LogP contribution in [-0.2, 0) is 24.7 Å². The summed E-state index contributed by atoms with van der Waals surface area (Å²) in [6.07, 6.45) is 0.762. The molecular weight excluding hydrogens is 466 g/mol. The van der Waals surface area contributed by atoms with Gasteiger partial charge in [0.25, 0.3) is 5.91 Å². The van der Waals surface area contributed by atoms with Gasteiger partial charge in [-0.15, -0.1) is 0 Å². The standard InChI is InChI=1S/C25H27N5O6/c1-29-18(13-15-8-11-19(35-4)21(36-5)20(15)31)17(12-14-6-9-16(34-3)10-7-14)26-24(29)27-22-23(32)30(2)25(33)28-22/h6-11,31H,12-13H2,1-5H3,(H,26,27,28,33). The van der Waals surface area contributed by atoms with E-state index in [1.54, 1.807) is 30.9 Å². The Labute approximate surface area is 207 Å². The van der Waals surface area contributed by atoms with Crippen molar-refractivity contribution < 1.29 is 28.9 Å². The normalized spacial score (nSPS) is 14.4. The minimum absolute atomic E-state index is 0.0406. The largest absolute Gasteiger partial charge is 0.504 e. The topological polar surface area (TPSA) is 128 Å². The number of amides is 3. The van der Waals surface area contributed by atoms with Crippen molar-refractivity contribution in [2.75, 3.05) is 28.4 Å². The summed E-state index contributed by atoms with van der Waals surface area (Å²) >= 11 is 0. The fourth-order valence-electron chi connectivity index (χ4n) is 3.91. The third-order valence-electron chi connectivity index (χ3n) is 6.01. The van der Waals surface area contributed by atoms with Gasteiger partial charge in [0, 0.05) is 38.2 Å². The number of hydrogen-bond donors (Lipinski definition) is 2. The summed E-state index contributed by atoms with van der Waals surface area (Å²) in [5.41, 5.74) is 3.03. The molecule has 0 aliphatic carbocycles. The van der Waals surface area contributed by atoms with Gasteiger partial charge in [0.1, 0.15) is 5.75 Å². The Balaban J connectivity index is 1.77. The molecule has 1 aromatic heterocycles. The van der Waals surface area contributed by atoms with Crippen molar-refractivity contribution in [2.24, 2.45) is 12.0 Å². The lowest BCUT2D eigenvalue weighted by Crippen LogP contribution is -2.25. The molecule has 0 unspecified atom stereocenters. The molecule has 1 saturated heterocycles. The SMILES string of the molecule is COc1ccc(Cc2nc(N=C3NC(=O)N(C)C3=O)n(C)c2Cc2ccc(OC)c(OC)c2O)cc1. The number of ether oxygens (including phenoxy) is 3. The van der Waals surface area contributed by atoms with E-state index in [1.165, 1.54) is 21.3 Å². The summed E-state index contributed by atoms with van der Waals surface area (Å²) in [5, 5.41) is 13.3. The Morgan fingerprint density at radius 1 is 0.972 bits per heavy atom. The molecule has 188 valence electrons. The highest BCUT2D eigenvalue weighted by Gasteiger charge is 2.32. The van der Waals surface area contributed by atoms with Crippen LogP contribution >= 0.6 is 0 Å². The number of imidazole rings is 1. The molecule has 11 heteroatoms. The lowest BCUT2D eigenvalue weighted by atomic mass is 10.0. The van der Waals surface area contributed by atoms with Crippen LogP contribution in [-0.4, -0.2) is 65.7 Å². The number of aliphatic imine (C=N–C) groups is 1. The number of urea groups is 1. The summed E-state index contributed by atoms with van der Waals surface area (Å²) in [5.74, 6) is 0.937. The Bertz CT molecular complexity index is 1350. The molecular formula is C25H27N5O6. The van der Waals surface area contributed by atoms with Gasteiger partial charge in [-0.2, -0.15) is 4.99 Å². The zero-order valence-electron chi connectivity index (χ0n) is 20.7. The molecule has 2 aromatic carbocycles. The van der Waals surface area contributed by atoms with Crippen LogP contribution < -0.4 is 19.5 Å². The average Bonchev–Trinajstić information content (AvgIpc) is 3.30. The summed E-state index contributed by atoms with van der Waals surface area (Å²) in [6, 6.07) is 10.5. The number of nitrogens with one attached hydrogen (secondary N) is 1. The van der Waals surface area contributed by atoms with Gasteiger partial charge in [-0.3, -0.25) is 15.0 Å². The molecule has 1 aliphatic heterocycles. The molecule has 3 amide bonds. The Morgan fingerprint density at radius 3 is 2.28 bits per heavy atom. The number of imide groups is 1. The first-order valence-electron chi connectivity index (χ1n) is 11.0. The van der Waals surface area contributed by atoms with E-state index in [1.807, 2.05) is 24.3 Å². The fourth-order valence-corrected chi connectivity index (χ4v) is 3.91. The summed E-state index contributed by atoms with van der Waals surface area (Å²) in [6.45, 7) is 0. The fraction of sp³-hybridized carbons (Fsp3) is 0.280. The van der Waals surface area contributed by atoms with Crippen molar-refractivity contribution >= 4 is 23.7 Å². The van der Waals surface area contributed by atoms with Gasteiger partial charge in [-0.05, 0) is 23.8 Å². The Hall–Kier alpha value is -4.54. The van der Waals surface area contributed by atoms with Crippen molar-refractivity contribution in [3.8, 4) is 23.0 Å². The lowest BCUT2D eigenvalue weighted by Gasteiger charge is -2.14. The van der Waals surface area contributed by atoms with Crippen molar-refractivity contribution in [1.29, 1.82) is 0 Å². The summed E-state index contributed by atoms with van der Waals surface area (Å²) in [7, 11) is 7.70. The summed E-state index contributed by atoms with van der Waals surface area (Å²) < 4.78 is 17.6. The second-order valence-electron chi connectivity index (χ2n) is 8.13. The molecule has 0 bridgehead atoms. The van der Waals surface area contributed by atoms with E-state index in [0.29, 0.717) is 29.8 Å². The van der Waals surface area contributed by atoms with Crippen LogP contribution in [0, 0.1) is 0 Å². The predicted molar refractivity (Wildman–Crippen MR) is 131 cm³/mol. The smallest absolute Gasteiger partial charge is 0.329 e. The van der Waals surface area contributed by atoms with Crippen molar-refractivity contribution in [3.63, 3.8) is 0 Å². The number of methoxy groups -OCH3 is 3. The number of phenolic OH excluding ortho intramolecular Hbond substituents is 1. The molecule has 0 radical (unpaired) electrons. The van der Waals surface area contributed by atoms with E-state index >= 15 is 0 Å². The highest BCUT2D eigenvalue weighted by Crippen LogP contribution is 2.40. The summed E-state index contributed by atoms with van der Waals surface area (Å²) in [4.78, 5) is 34.2. The highest BCUT2D eigenvalue weighted by atomic mass is 16.5. The third-order valence-corrected chi connectivity index (χ3v) is 6.01. The first kappa shape index (κ1) is 24.6. The van der Waals surface area contributed by atoms with Gasteiger partial charge < -0.3 is 23.9 Å². The predicted octanol–water partition coefficient (Wildman–Crippen LogP) is 2.54. The maximum Gasteiger partial charge on any atom is 0.329 e. The third kappa shape index (κ3) is 4.54. The zero-order valence-corrected chi connectivity index (χ0v) is 20.7. The van der Waals surface area contributed by atoms with Gasteiger partial charge in [-0.25, -0.2) is 9.78 Å². The van der Waals surface area contributed by atoms with E-state index in [4.69, 9.17) is 14.2 Å². The van der Waals surface area contributed by atoms with E-state index in [-0.39, 0.29) is 23.3 Å². The Morgan fingerprint density at radius 2 is 1.69 bits per heavy atom. The minimum Gasteiger partial charge on any atom is -0.504 e. The maximum absolute atomic E-state index is 12.3. The number of carbonyl (C=O) groups is 2. The molecule has 0 saturated carbocycles. The van der Waals surface area contributed by atoms with Crippen molar-refractivity contribution in [3.05, 3.63) is 58.9 Å².